The number of rotatable bonds is 4. The first-order valence-electron chi connectivity index (χ1n) is 8.19. The van der Waals surface area contributed by atoms with Crippen LogP contribution in [0.15, 0.2) is 23.0 Å². The molecule has 1 aliphatic rings. The second-order valence-corrected chi connectivity index (χ2v) is 7.61. The molecule has 1 atom stereocenters. The average Bonchev–Trinajstić information content (AvgIpc) is 2.88. The summed E-state index contributed by atoms with van der Waals surface area (Å²) in [4.78, 5) is 29.2. The van der Waals surface area contributed by atoms with Crippen molar-refractivity contribution in [1.29, 1.82) is 0 Å². The maximum atomic E-state index is 11.9. The largest absolute Gasteiger partial charge is 0.481 e. The van der Waals surface area contributed by atoms with Crippen LogP contribution >= 0.6 is 11.3 Å². The van der Waals surface area contributed by atoms with Crippen molar-refractivity contribution < 1.29 is 9.90 Å². The van der Waals surface area contributed by atoms with Crippen molar-refractivity contribution in [2.75, 3.05) is 13.1 Å². The zero-order valence-electron chi connectivity index (χ0n) is 14.0. The summed E-state index contributed by atoms with van der Waals surface area (Å²) in [7, 11) is 0. The molecular formula is C18H22N2O3S. The number of carboxylic acids is 1. The Morgan fingerprint density at radius 3 is 2.92 bits per heavy atom. The minimum atomic E-state index is -0.725. The molecule has 1 aliphatic heterocycles. The summed E-state index contributed by atoms with van der Waals surface area (Å²) in [5, 5.41) is 9.24. The highest BCUT2D eigenvalue weighted by molar-refractivity contribution is 7.09. The molecule has 1 unspecified atom stereocenters. The van der Waals surface area contributed by atoms with Crippen LogP contribution in [-0.4, -0.2) is 34.0 Å². The molecule has 24 heavy (non-hydrogen) atoms. The fourth-order valence-corrected chi connectivity index (χ4v) is 4.27. The number of carbonyl (C=O) groups is 1. The second-order valence-electron chi connectivity index (χ2n) is 6.54. The van der Waals surface area contributed by atoms with E-state index in [1.165, 1.54) is 16.9 Å². The van der Waals surface area contributed by atoms with Crippen LogP contribution in [0, 0.1) is 19.8 Å². The Hall–Kier alpha value is -1.92. The van der Waals surface area contributed by atoms with Gasteiger partial charge in [-0.1, -0.05) is 35.1 Å². The number of thiazole rings is 1. The Balaban J connectivity index is 1.87. The van der Waals surface area contributed by atoms with E-state index < -0.39 is 5.97 Å². The van der Waals surface area contributed by atoms with Crippen molar-refractivity contribution in [2.24, 2.45) is 5.92 Å². The Bertz CT molecular complexity index is 809. The highest BCUT2D eigenvalue weighted by Crippen LogP contribution is 2.29. The van der Waals surface area contributed by atoms with Crippen LogP contribution in [-0.2, 0) is 11.3 Å². The van der Waals surface area contributed by atoms with Gasteiger partial charge >= 0.3 is 10.8 Å². The SMILES string of the molecule is Cc1ccc(-c2[nH]c(=O)sc2CN2CCCC(C(=O)O)C2)c(C)c1. The number of piperidine rings is 1. The number of carboxylic acid groups (broad SMARTS) is 1. The van der Waals surface area contributed by atoms with Gasteiger partial charge in [-0.3, -0.25) is 14.5 Å². The van der Waals surface area contributed by atoms with Gasteiger partial charge in [0.25, 0.3) is 0 Å². The van der Waals surface area contributed by atoms with E-state index in [4.69, 9.17) is 0 Å². The molecule has 2 N–H and O–H groups in total. The van der Waals surface area contributed by atoms with Gasteiger partial charge in [-0.05, 0) is 38.8 Å². The molecule has 1 saturated heterocycles. The third kappa shape index (κ3) is 3.60. The Labute approximate surface area is 145 Å². The van der Waals surface area contributed by atoms with E-state index in [0.717, 1.165) is 41.1 Å². The van der Waals surface area contributed by atoms with Crippen LogP contribution in [0.2, 0.25) is 0 Å². The Morgan fingerprint density at radius 1 is 1.42 bits per heavy atom. The molecule has 2 heterocycles. The van der Waals surface area contributed by atoms with Crippen LogP contribution < -0.4 is 4.87 Å². The first-order chi connectivity index (χ1) is 11.4. The zero-order valence-corrected chi connectivity index (χ0v) is 14.8. The molecule has 1 aromatic carbocycles. The minimum Gasteiger partial charge on any atom is -0.481 e. The molecule has 0 spiro atoms. The summed E-state index contributed by atoms with van der Waals surface area (Å²) in [6, 6.07) is 6.20. The number of aromatic amines is 1. The van der Waals surface area contributed by atoms with E-state index in [1.54, 1.807) is 0 Å². The molecule has 128 valence electrons. The van der Waals surface area contributed by atoms with E-state index in [-0.39, 0.29) is 10.8 Å². The number of aromatic nitrogens is 1. The van der Waals surface area contributed by atoms with Gasteiger partial charge in [-0.15, -0.1) is 0 Å². The molecular weight excluding hydrogens is 324 g/mol. The number of aryl methyl sites for hydroxylation is 2. The van der Waals surface area contributed by atoms with Crippen LogP contribution in [0.4, 0.5) is 0 Å². The lowest BCUT2D eigenvalue weighted by molar-refractivity contribution is -0.143. The summed E-state index contributed by atoms with van der Waals surface area (Å²) in [5.74, 6) is -1.03. The number of nitrogens with zero attached hydrogens (tertiary/aromatic N) is 1. The predicted molar refractivity (Wildman–Crippen MR) is 95.5 cm³/mol. The van der Waals surface area contributed by atoms with Crippen molar-refractivity contribution in [2.45, 2.75) is 33.2 Å². The van der Waals surface area contributed by atoms with Crippen molar-refractivity contribution >= 4 is 17.3 Å². The summed E-state index contributed by atoms with van der Waals surface area (Å²) < 4.78 is 0. The lowest BCUT2D eigenvalue weighted by Gasteiger charge is -2.30. The standard InChI is InChI=1S/C18H22N2O3S/c1-11-5-6-14(12(2)8-11)16-15(24-18(23)19-16)10-20-7-3-4-13(9-20)17(21)22/h5-6,8,13H,3-4,7,9-10H2,1-2H3,(H,19,23)(H,21,22). The zero-order chi connectivity index (χ0) is 17.3. The van der Waals surface area contributed by atoms with Gasteiger partial charge in [0.15, 0.2) is 0 Å². The molecule has 0 aliphatic carbocycles. The predicted octanol–water partition coefficient (Wildman–Crippen LogP) is 3.02. The smallest absolute Gasteiger partial charge is 0.307 e. The van der Waals surface area contributed by atoms with Gasteiger partial charge in [-0.25, -0.2) is 0 Å². The first-order valence-corrected chi connectivity index (χ1v) is 9.00. The third-order valence-electron chi connectivity index (χ3n) is 4.60. The van der Waals surface area contributed by atoms with E-state index in [2.05, 4.69) is 16.0 Å². The van der Waals surface area contributed by atoms with Gasteiger partial charge in [0.1, 0.15) is 0 Å². The molecule has 0 saturated carbocycles. The van der Waals surface area contributed by atoms with Gasteiger partial charge in [0.2, 0.25) is 0 Å². The van der Waals surface area contributed by atoms with Crippen molar-refractivity contribution in [1.82, 2.24) is 9.88 Å². The van der Waals surface area contributed by atoms with Crippen LogP contribution in [0.3, 0.4) is 0 Å². The lowest BCUT2D eigenvalue weighted by atomic mass is 9.98. The summed E-state index contributed by atoms with van der Waals surface area (Å²) >= 11 is 1.23. The van der Waals surface area contributed by atoms with Gasteiger partial charge in [0, 0.05) is 23.5 Å². The molecule has 1 fully saturated rings. The fraction of sp³-hybridized carbons (Fsp3) is 0.444. The first kappa shape index (κ1) is 16.9. The molecule has 0 bridgehead atoms. The molecule has 6 heteroatoms. The van der Waals surface area contributed by atoms with Crippen molar-refractivity contribution in [3.05, 3.63) is 43.9 Å². The number of benzene rings is 1. The molecule has 3 rings (SSSR count). The Morgan fingerprint density at radius 2 is 2.21 bits per heavy atom. The molecule has 0 radical (unpaired) electrons. The Kier molecular flexibility index (Phi) is 4.87. The van der Waals surface area contributed by atoms with Crippen LogP contribution in [0.5, 0.6) is 0 Å². The fourth-order valence-electron chi connectivity index (χ4n) is 3.39. The van der Waals surface area contributed by atoms with Gasteiger partial charge < -0.3 is 10.1 Å². The second kappa shape index (κ2) is 6.91. The van der Waals surface area contributed by atoms with Crippen LogP contribution in [0.25, 0.3) is 11.3 Å². The summed E-state index contributed by atoms with van der Waals surface area (Å²) in [5.41, 5.74) is 4.24. The van der Waals surface area contributed by atoms with Crippen molar-refractivity contribution in [3.63, 3.8) is 0 Å². The summed E-state index contributed by atoms with van der Waals surface area (Å²) in [6.07, 6.45) is 1.62. The van der Waals surface area contributed by atoms with E-state index in [1.807, 2.05) is 26.0 Å². The van der Waals surface area contributed by atoms with Gasteiger partial charge in [-0.2, -0.15) is 0 Å². The number of aliphatic carboxylic acids is 1. The topological polar surface area (TPSA) is 73.4 Å². The maximum absolute atomic E-state index is 11.9. The highest BCUT2D eigenvalue weighted by Gasteiger charge is 2.26. The lowest BCUT2D eigenvalue weighted by Crippen LogP contribution is -2.38. The number of likely N-dealkylation sites (tertiary alicyclic amines) is 1. The summed E-state index contributed by atoms with van der Waals surface area (Å²) in [6.45, 7) is 6.14. The molecule has 5 nitrogen and oxygen atoms in total. The average molecular weight is 346 g/mol. The molecule has 1 aromatic heterocycles. The molecule has 2 aromatic rings. The third-order valence-corrected chi connectivity index (χ3v) is 5.46. The van der Waals surface area contributed by atoms with Crippen molar-refractivity contribution in [3.8, 4) is 11.3 Å². The van der Waals surface area contributed by atoms with E-state index in [9.17, 15) is 14.7 Å². The number of hydrogen-bond donors (Lipinski definition) is 2. The number of hydrogen-bond acceptors (Lipinski definition) is 4. The van der Waals surface area contributed by atoms with Gasteiger partial charge in [0.05, 0.1) is 11.6 Å². The quantitative estimate of drug-likeness (QED) is 0.892. The highest BCUT2D eigenvalue weighted by atomic mass is 32.1. The minimum absolute atomic E-state index is 0.0632. The van der Waals surface area contributed by atoms with Crippen LogP contribution in [0.1, 0.15) is 28.8 Å². The maximum Gasteiger partial charge on any atom is 0.307 e. The molecule has 0 amide bonds. The van der Waals surface area contributed by atoms with E-state index >= 15 is 0 Å². The number of H-pyrrole nitrogens is 1. The van der Waals surface area contributed by atoms with E-state index in [0.29, 0.717) is 13.1 Å². The monoisotopic (exact) mass is 346 g/mol. The normalized spacial score (nSPS) is 18.7. The number of nitrogens with one attached hydrogen (secondary N) is 1.